The maximum Gasteiger partial charge on any atom is 0.103 e. The third kappa shape index (κ3) is 5.50. The lowest BCUT2D eigenvalue weighted by Crippen LogP contribution is -2.36. The highest BCUT2D eigenvalue weighted by Gasteiger charge is 2.28. The maximum absolute atomic E-state index is 5.42. The molecule has 1 N–H and O–H groups in total. The molecule has 0 aromatic carbocycles. The Labute approximate surface area is 130 Å². The van der Waals surface area contributed by atoms with E-state index in [1.165, 1.54) is 32.1 Å². The van der Waals surface area contributed by atoms with Crippen LogP contribution in [0, 0.1) is 11.3 Å². The number of nitrogens with one attached hydrogen (secondary N) is 1. The van der Waals surface area contributed by atoms with E-state index in [9.17, 15) is 0 Å². The van der Waals surface area contributed by atoms with Crippen LogP contribution in [-0.4, -0.2) is 12.1 Å². The van der Waals surface area contributed by atoms with E-state index in [0.717, 1.165) is 24.5 Å². The Kier molecular flexibility index (Phi) is 5.92. The average molecular weight is 291 g/mol. The minimum Gasteiger partial charge on any atom is -0.469 e. The van der Waals surface area contributed by atoms with Crippen molar-refractivity contribution >= 4 is 0 Å². The van der Waals surface area contributed by atoms with E-state index in [2.05, 4.69) is 39.1 Å². The highest BCUT2D eigenvalue weighted by atomic mass is 16.3. The van der Waals surface area contributed by atoms with Gasteiger partial charge in [0.15, 0.2) is 0 Å². The minimum absolute atomic E-state index is 0.472. The zero-order valence-corrected chi connectivity index (χ0v) is 14.3. The van der Waals surface area contributed by atoms with E-state index < -0.39 is 0 Å². The summed E-state index contributed by atoms with van der Waals surface area (Å²) in [6.07, 6.45) is 10.8. The van der Waals surface area contributed by atoms with Crippen LogP contribution in [0.1, 0.15) is 72.0 Å². The van der Waals surface area contributed by atoms with Crippen LogP contribution in [0.2, 0.25) is 0 Å². The second-order valence-electron chi connectivity index (χ2n) is 7.95. The Morgan fingerprint density at radius 3 is 2.71 bits per heavy atom. The zero-order chi connectivity index (χ0) is 15.3. The fraction of sp³-hybridized carbons (Fsp3) is 0.789. The van der Waals surface area contributed by atoms with Crippen molar-refractivity contribution in [3.05, 3.63) is 24.2 Å². The van der Waals surface area contributed by atoms with Crippen molar-refractivity contribution in [2.75, 3.05) is 0 Å². The van der Waals surface area contributed by atoms with Crippen LogP contribution >= 0.6 is 0 Å². The number of aryl methyl sites for hydroxylation is 1. The summed E-state index contributed by atoms with van der Waals surface area (Å²) in [6.45, 7) is 9.52. The summed E-state index contributed by atoms with van der Waals surface area (Å²) in [5.74, 6) is 2.00. The van der Waals surface area contributed by atoms with Crippen LogP contribution in [0.25, 0.3) is 0 Å². The van der Waals surface area contributed by atoms with Crippen molar-refractivity contribution < 1.29 is 4.42 Å². The van der Waals surface area contributed by atoms with Gasteiger partial charge in [-0.05, 0) is 62.5 Å². The second-order valence-corrected chi connectivity index (χ2v) is 7.95. The third-order valence-electron chi connectivity index (χ3n) is 5.12. The Morgan fingerprint density at radius 2 is 2.05 bits per heavy atom. The van der Waals surface area contributed by atoms with Crippen molar-refractivity contribution in [1.82, 2.24) is 5.32 Å². The highest BCUT2D eigenvalue weighted by molar-refractivity contribution is 4.98. The van der Waals surface area contributed by atoms with Gasteiger partial charge in [-0.2, -0.15) is 0 Å². The van der Waals surface area contributed by atoms with Gasteiger partial charge in [-0.3, -0.25) is 0 Å². The molecule has 1 aromatic rings. The maximum atomic E-state index is 5.42. The van der Waals surface area contributed by atoms with E-state index in [1.807, 2.05) is 6.07 Å². The first-order valence-corrected chi connectivity index (χ1v) is 8.73. The number of hydrogen-bond acceptors (Lipinski definition) is 2. The summed E-state index contributed by atoms with van der Waals surface area (Å²) in [5.41, 5.74) is 0.472. The van der Waals surface area contributed by atoms with E-state index in [4.69, 9.17) is 4.42 Å². The summed E-state index contributed by atoms with van der Waals surface area (Å²) in [4.78, 5) is 0. The minimum atomic E-state index is 0.472. The van der Waals surface area contributed by atoms with E-state index in [0.29, 0.717) is 17.5 Å². The SMILES string of the molecule is CC(CCc1ccco1)NC1CCCC(C(C)(C)C)CC1. The molecule has 2 rings (SSSR count). The molecule has 0 saturated heterocycles. The van der Waals surface area contributed by atoms with Crippen LogP contribution in [-0.2, 0) is 6.42 Å². The monoisotopic (exact) mass is 291 g/mol. The summed E-state index contributed by atoms with van der Waals surface area (Å²) < 4.78 is 5.42. The standard InChI is InChI=1S/C19H33NO/c1-15(10-13-18-9-6-14-21-18)20-17-8-5-7-16(11-12-17)19(2,3)4/h6,9,14-17,20H,5,7-8,10-13H2,1-4H3. The first kappa shape index (κ1) is 16.6. The Balaban J connectivity index is 1.72. The molecular weight excluding hydrogens is 258 g/mol. The smallest absolute Gasteiger partial charge is 0.103 e. The predicted molar refractivity (Wildman–Crippen MR) is 89.4 cm³/mol. The average Bonchev–Trinajstić information content (AvgIpc) is 2.81. The van der Waals surface area contributed by atoms with Crippen molar-refractivity contribution in [2.24, 2.45) is 11.3 Å². The molecule has 0 bridgehead atoms. The van der Waals surface area contributed by atoms with Gasteiger partial charge in [-0.15, -0.1) is 0 Å². The third-order valence-corrected chi connectivity index (χ3v) is 5.12. The molecular formula is C19H33NO. The summed E-state index contributed by atoms with van der Waals surface area (Å²) >= 11 is 0. The van der Waals surface area contributed by atoms with Gasteiger partial charge in [-0.1, -0.05) is 27.2 Å². The molecule has 21 heavy (non-hydrogen) atoms. The molecule has 1 aromatic heterocycles. The molecule has 0 radical (unpaired) electrons. The first-order valence-electron chi connectivity index (χ1n) is 8.73. The molecule has 0 aliphatic heterocycles. The molecule has 3 atom stereocenters. The van der Waals surface area contributed by atoms with Gasteiger partial charge in [-0.25, -0.2) is 0 Å². The van der Waals surface area contributed by atoms with Crippen LogP contribution < -0.4 is 5.32 Å². The quantitative estimate of drug-likeness (QED) is 0.756. The van der Waals surface area contributed by atoms with Gasteiger partial charge in [0.1, 0.15) is 5.76 Å². The number of hydrogen-bond donors (Lipinski definition) is 1. The molecule has 1 saturated carbocycles. The van der Waals surface area contributed by atoms with Gasteiger partial charge < -0.3 is 9.73 Å². The van der Waals surface area contributed by atoms with Crippen LogP contribution in [0.5, 0.6) is 0 Å². The van der Waals surface area contributed by atoms with E-state index in [1.54, 1.807) is 6.26 Å². The fourth-order valence-corrected chi connectivity index (χ4v) is 3.63. The normalized spacial score (nSPS) is 25.5. The Bertz CT molecular complexity index is 390. The lowest BCUT2D eigenvalue weighted by molar-refractivity contribution is 0.213. The molecule has 1 fully saturated rings. The molecule has 0 spiro atoms. The molecule has 3 unspecified atom stereocenters. The molecule has 1 aliphatic carbocycles. The molecule has 1 aliphatic rings. The van der Waals surface area contributed by atoms with Crippen LogP contribution in [0.4, 0.5) is 0 Å². The number of furan rings is 1. The highest BCUT2D eigenvalue weighted by Crippen LogP contribution is 2.36. The van der Waals surface area contributed by atoms with Crippen molar-refractivity contribution in [3.63, 3.8) is 0 Å². The molecule has 120 valence electrons. The van der Waals surface area contributed by atoms with E-state index >= 15 is 0 Å². The summed E-state index contributed by atoms with van der Waals surface area (Å²) in [5, 5.41) is 3.85. The van der Waals surface area contributed by atoms with Gasteiger partial charge in [0.25, 0.3) is 0 Å². The molecule has 0 amide bonds. The molecule has 1 heterocycles. The lowest BCUT2D eigenvalue weighted by Gasteiger charge is -2.30. The number of rotatable bonds is 5. The summed E-state index contributed by atoms with van der Waals surface area (Å²) in [6, 6.07) is 5.34. The van der Waals surface area contributed by atoms with E-state index in [-0.39, 0.29) is 0 Å². The zero-order valence-electron chi connectivity index (χ0n) is 14.3. The summed E-state index contributed by atoms with van der Waals surface area (Å²) in [7, 11) is 0. The molecule has 2 heteroatoms. The van der Waals surface area contributed by atoms with Crippen molar-refractivity contribution in [3.8, 4) is 0 Å². The van der Waals surface area contributed by atoms with Crippen LogP contribution in [0.3, 0.4) is 0 Å². The van der Waals surface area contributed by atoms with Crippen molar-refractivity contribution in [2.45, 2.75) is 84.7 Å². The fourth-order valence-electron chi connectivity index (χ4n) is 3.63. The van der Waals surface area contributed by atoms with Gasteiger partial charge in [0.05, 0.1) is 6.26 Å². The Morgan fingerprint density at radius 1 is 1.24 bits per heavy atom. The lowest BCUT2D eigenvalue weighted by atomic mass is 9.76. The van der Waals surface area contributed by atoms with Crippen LogP contribution in [0.15, 0.2) is 22.8 Å². The Hall–Kier alpha value is -0.760. The molecule has 2 nitrogen and oxygen atoms in total. The van der Waals surface area contributed by atoms with Gasteiger partial charge in [0, 0.05) is 18.5 Å². The van der Waals surface area contributed by atoms with Gasteiger partial charge in [0.2, 0.25) is 0 Å². The predicted octanol–water partition coefficient (Wildman–Crippen LogP) is 5.19. The largest absolute Gasteiger partial charge is 0.469 e. The first-order chi connectivity index (χ1) is 9.95. The van der Waals surface area contributed by atoms with Gasteiger partial charge >= 0.3 is 0 Å². The van der Waals surface area contributed by atoms with Crippen molar-refractivity contribution in [1.29, 1.82) is 0 Å². The topological polar surface area (TPSA) is 25.2 Å². The second kappa shape index (κ2) is 7.49.